The number of likely N-dealkylation sites (tertiary alicyclic amines) is 1. The van der Waals surface area contributed by atoms with Crippen LogP contribution in [-0.4, -0.2) is 38.9 Å². The first kappa shape index (κ1) is 16.7. The van der Waals surface area contributed by atoms with Crippen LogP contribution in [0.1, 0.15) is 44.4 Å². The van der Waals surface area contributed by atoms with E-state index in [1.807, 2.05) is 0 Å². The number of halogens is 1. The first-order chi connectivity index (χ1) is 12.2. The molecular weight excluding hydrogens is 321 g/mol. The Morgan fingerprint density at radius 1 is 1.12 bits per heavy atom. The minimum Gasteiger partial charge on any atom is -0.419 e. The Bertz CT molecular complexity index is 697. The fourth-order valence-electron chi connectivity index (χ4n) is 4.30. The molecule has 134 valence electrons. The molecule has 0 bridgehead atoms. The molecule has 2 aliphatic rings. The average Bonchev–Trinajstić information content (AvgIpc) is 3.23. The zero-order chi connectivity index (χ0) is 17.2. The Morgan fingerprint density at radius 3 is 2.64 bits per heavy atom. The summed E-state index contributed by atoms with van der Waals surface area (Å²) in [7, 11) is 0. The third-order valence-electron chi connectivity index (χ3n) is 5.52. The Labute approximate surface area is 146 Å². The third-order valence-corrected chi connectivity index (χ3v) is 5.52. The predicted molar refractivity (Wildman–Crippen MR) is 91.1 cm³/mol. The molecule has 0 amide bonds. The van der Waals surface area contributed by atoms with Crippen LogP contribution >= 0.6 is 0 Å². The maximum atomic E-state index is 13.0. The van der Waals surface area contributed by atoms with Gasteiger partial charge in [0.2, 0.25) is 11.8 Å². The lowest BCUT2D eigenvalue weighted by Gasteiger charge is -2.33. The maximum absolute atomic E-state index is 13.0. The van der Waals surface area contributed by atoms with E-state index in [0.29, 0.717) is 42.4 Å². The van der Waals surface area contributed by atoms with Crippen molar-refractivity contribution in [3.8, 4) is 11.5 Å². The molecule has 1 aliphatic carbocycles. The molecule has 1 saturated heterocycles. The zero-order valence-corrected chi connectivity index (χ0v) is 14.3. The Balaban J connectivity index is 1.46. The van der Waals surface area contributed by atoms with Crippen molar-refractivity contribution in [1.29, 1.82) is 0 Å². The number of aliphatic hydroxyl groups excluding tert-OH is 1. The quantitative estimate of drug-likeness (QED) is 0.920. The van der Waals surface area contributed by atoms with E-state index in [0.717, 1.165) is 6.42 Å². The second-order valence-corrected chi connectivity index (χ2v) is 7.29. The minimum atomic E-state index is -0.287. The van der Waals surface area contributed by atoms with Crippen molar-refractivity contribution in [1.82, 2.24) is 15.1 Å². The third kappa shape index (κ3) is 3.75. The lowest BCUT2D eigenvalue weighted by atomic mass is 9.83. The summed E-state index contributed by atoms with van der Waals surface area (Å²) >= 11 is 0. The van der Waals surface area contributed by atoms with Crippen molar-refractivity contribution in [2.75, 3.05) is 6.54 Å². The van der Waals surface area contributed by atoms with Crippen molar-refractivity contribution >= 4 is 0 Å². The average molecular weight is 345 g/mol. The van der Waals surface area contributed by atoms with Crippen molar-refractivity contribution in [2.45, 2.75) is 57.2 Å². The molecule has 4 rings (SSSR count). The van der Waals surface area contributed by atoms with E-state index in [2.05, 4.69) is 15.1 Å². The van der Waals surface area contributed by atoms with Gasteiger partial charge in [0, 0.05) is 18.2 Å². The molecule has 2 atom stereocenters. The Hall–Kier alpha value is -1.79. The highest BCUT2D eigenvalue weighted by Crippen LogP contribution is 2.35. The molecule has 1 aromatic heterocycles. The number of aliphatic hydroxyl groups is 1. The number of aromatic nitrogens is 2. The van der Waals surface area contributed by atoms with Gasteiger partial charge in [-0.25, -0.2) is 4.39 Å². The highest BCUT2D eigenvalue weighted by atomic mass is 19.1. The molecule has 1 saturated carbocycles. The molecule has 2 fully saturated rings. The largest absolute Gasteiger partial charge is 0.419 e. The number of rotatable bonds is 4. The number of β-amino-alcohol motifs (C(OH)–C–C–N with tert-alkyl or cyclic N) is 1. The SMILES string of the molecule is OC1CC(C2CCCCC2)N(Cc2nnc(-c3ccc(F)cc3)o2)C1. The van der Waals surface area contributed by atoms with Crippen LogP contribution in [-0.2, 0) is 6.54 Å². The number of nitrogens with zero attached hydrogens (tertiary/aromatic N) is 3. The second-order valence-electron chi connectivity index (χ2n) is 7.29. The van der Waals surface area contributed by atoms with Crippen LogP contribution in [0.4, 0.5) is 4.39 Å². The van der Waals surface area contributed by atoms with E-state index in [-0.39, 0.29) is 11.9 Å². The van der Waals surface area contributed by atoms with E-state index >= 15 is 0 Å². The van der Waals surface area contributed by atoms with Gasteiger partial charge < -0.3 is 9.52 Å². The van der Waals surface area contributed by atoms with Gasteiger partial charge in [-0.3, -0.25) is 4.90 Å². The first-order valence-corrected chi connectivity index (χ1v) is 9.19. The van der Waals surface area contributed by atoms with Gasteiger partial charge >= 0.3 is 0 Å². The summed E-state index contributed by atoms with van der Waals surface area (Å²) in [6.45, 7) is 1.22. The van der Waals surface area contributed by atoms with Crippen LogP contribution in [0.25, 0.3) is 11.5 Å². The molecule has 1 aliphatic heterocycles. The summed E-state index contributed by atoms with van der Waals surface area (Å²) < 4.78 is 18.8. The van der Waals surface area contributed by atoms with E-state index in [1.165, 1.54) is 44.2 Å². The standard InChI is InChI=1S/C19H24FN3O2/c20-15-8-6-14(7-9-15)19-22-21-18(25-19)12-23-11-16(24)10-17(23)13-4-2-1-3-5-13/h6-9,13,16-17,24H,1-5,10-12H2. The molecule has 2 unspecified atom stereocenters. The van der Waals surface area contributed by atoms with Gasteiger partial charge in [-0.05, 0) is 49.4 Å². The first-order valence-electron chi connectivity index (χ1n) is 9.19. The van der Waals surface area contributed by atoms with Gasteiger partial charge in [-0.2, -0.15) is 0 Å². The highest BCUT2D eigenvalue weighted by molar-refractivity contribution is 5.51. The van der Waals surface area contributed by atoms with Crippen LogP contribution in [0.15, 0.2) is 28.7 Å². The van der Waals surface area contributed by atoms with Gasteiger partial charge in [0.15, 0.2) is 0 Å². The van der Waals surface area contributed by atoms with Crippen molar-refractivity contribution in [3.63, 3.8) is 0 Å². The predicted octanol–water partition coefficient (Wildman–Crippen LogP) is 3.39. The van der Waals surface area contributed by atoms with E-state index in [1.54, 1.807) is 12.1 Å². The van der Waals surface area contributed by atoms with Gasteiger partial charge in [-0.1, -0.05) is 19.3 Å². The second kappa shape index (κ2) is 7.22. The lowest BCUT2D eigenvalue weighted by Crippen LogP contribution is -2.36. The fraction of sp³-hybridized carbons (Fsp3) is 0.579. The summed E-state index contributed by atoms with van der Waals surface area (Å²) in [5.74, 6) is 1.33. The number of hydrogen-bond donors (Lipinski definition) is 1. The molecule has 2 heterocycles. The monoisotopic (exact) mass is 345 g/mol. The van der Waals surface area contributed by atoms with E-state index in [9.17, 15) is 9.50 Å². The molecule has 0 spiro atoms. The summed E-state index contributed by atoms with van der Waals surface area (Å²) in [6.07, 6.45) is 6.98. The summed E-state index contributed by atoms with van der Waals surface area (Å²) in [5.41, 5.74) is 0.713. The summed E-state index contributed by atoms with van der Waals surface area (Å²) in [4.78, 5) is 2.29. The van der Waals surface area contributed by atoms with Crippen LogP contribution in [0.5, 0.6) is 0 Å². The van der Waals surface area contributed by atoms with Crippen LogP contribution in [0.2, 0.25) is 0 Å². The zero-order valence-electron chi connectivity index (χ0n) is 14.3. The van der Waals surface area contributed by atoms with E-state index < -0.39 is 0 Å². The fourth-order valence-corrected chi connectivity index (χ4v) is 4.30. The highest BCUT2D eigenvalue weighted by Gasteiger charge is 2.37. The van der Waals surface area contributed by atoms with E-state index in [4.69, 9.17) is 4.42 Å². The summed E-state index contributed by atoms with van der Waals surface area (Å²) in [5, 5.41) is 18.4. The van der Waals surface area contributed by atoms with Crippen molar-refractivity contribution < 1.29 is 13.9 Å². The van der Waals surface area contributed by atoms with Gasteiger partial charge in [0.05, 0.1) is 12.6 Å². The molecule has 2 aromatic rings. The molecule has 5 nitrogen and oxygen atoms in total. The van der Waals surface area contributed by atoms with Crippen molar-refractivity contribution in [2.24, 2.45) is 5.92 Å². The molecule has 6 heteroatoms. The van der Waals surface area contributed by atoms with Crippen LogP contribution < -0.4 is 0 Å². The summed E-state index contributed by atoms with van der Waals surface area (Å²) in [6, 6.07) is 6.44. The molecule has 1 aromatic carbocycles. The van der Waals surface area contributed by atoms with Gasteiger partial charge in [0.25, 0.3) is 0 Å². The molecule has 0 radical (unpaired) electrons. The Kier molecular flexibility index (Phi) is 4.81. The molecule has 25 heavy (non-hydrogen) atoms. The number of hydrogen-bond acceptors (Lipinski definition) is 5. The topological polar surface area (TPSA) is 62.4 Å². The molecule has 1 N–H and O–H groups in total. The smallest absolute Gasteiger partial charge is 0.247 e. The van der Waals surface area contributed by atoms with Crippen LogP contribution in [0, 0.1) is 11.7 Å². The normalized spacial score (nSPS) is 25.5. The van der Waals surface area contributed by atoms with Crippen LogP contribution in [0.3, 0.4) is 0 Å². The molecular formula is C19H24FN3O2. The van der Waals surface area contributed by atoms with Gasteiger partial charge in [-0.15, -0.1) is 10.2 Å². The lowest BCUT2D eigenvalue weighted by molar-refractivity contribution is 0.137. The van der Waals surface area contributed by atoms with Gasteiger partial charge in [0.1, 0.15) is 5.82 Å². The van der Waals surface area contributed by atoms with Crippen molar-refractivity contribution in [3.05, 3.63) is 36.0 Å². The minimum absolute atomic E-state index is 0.272. The number of benzene rings is 1. The Morgan fingerprint density at radius 2 is 1.88 bits per heavy atom. The maximum Gasteiger partial charge on any atom is 0.247 e.